The topological polar surface area (TPSA) is 63.0 Å². The summed E-state index contributed by atoms with van der Waals surface area (Å²) in [5, 5.41) is 12.9. The Morgan fingerprint density at radius 1 is 1.05 bits per heavy atom. The lowest BCUT2D eigenvalue weighted by molar-refractivity contribution is 0.391. The van der Waals surface area contributed by atoms with E-state index >= 15 is 0 Å². The zero-order valence-corrected chi connectivity index (χ0v) is 10.8. The molecule has 20 heavy (non-hydrogen) atoms. The Bertz CT molecular complexity index is 874. The summed E-state index contributed by atoms with van der Waals surface area (Å²) in [5.41, 5.74) is 2.93. The molecule has 1 aromatic carbocycles. The van der Waals surface area contributed by atoms with Gasteiger partial charge in [0.1, 0.15) is 0 Å². The van der Waals surface area contributed by atoms with Crippen molar-refractivity contribution >= 4 is 29.2 Å². The lowest BCUT2D eigenvalue weighted by atomic mass is 10.1. The van der Waals surface area contributed by atoms with E-state index in [1.807, 2.05) is 24.4 Å². The SMILES string of the molecule is Cc1nc(C2=CC=c3ccc4c(c3N2)NC=CC=4)no1. The molecule has 2 N–H and O–H groups in total. The minimum atomic E-state index is 0.554. The molecule has 5 nitrogen and oxygen atoms in total. The highest BCUT2D eigenvalue weighted by Gasteiger charge is 2.15. The summed E-state index contributed by atoms with van der Waals surface area (Å²) in [7, 11) is 0. The molecule has 2 aliphatic rings. The first kappa shape index (κ1) is 11.0. The summed E-state index contributed by atoms with van der Waals surface area (Å²) in [4.78, 5) is 4.25. The van der Waals surface area contributed by atoms with Crippen molar-refractivity contribution in [2.75, 3.05) is 10.6 Å². The summed E-state index contributed by atoms with van der Waals surface area (Å²) in [6.07, 6.45) is 9.99. The average Bonchev–Trinajstić information content (AvgIpc) is 2.93. The van der Waals surface area contributed by atoms with E-state index in [0.717, 1.165) is 27.5 Å². The van der Waals surface area contributed by atoms with Crippen LogP contribution in [0.4, 0.5) is 11.4 Å². The van der Waals surface area contributed by atoms with Gasteiger partial charge in [-0.3, -0.25) is 0 Å². The van der Waals surface area contributed by atoms with Gasteiger partial charge in [-0.05, 0) is 12.2 Å². The summed E-state index contributed by atoms with van der Waals surface area (Å²) in [6.45, 7) is 1.78. The van der Waals surface area contributed by atoms with Crippen LogP contribution in [0, 0.1) is 6.92 Å². The van der Waals surface area contributed by atoms with E-state index in [-0.39, 0.29) is 0 Å². The van der Waals surface area contributed by atoms with Crippen molar-refractivity contribution in [3.63, 3.8) is 0 Å². The molecule has 0 spiro atoms. The number of anilines is 2. The van der Waals surface area contributed by atoms with Gasteiger partial charge in [0, 0.05) is 23.6 Å². The third kappa shape index (κ3) is 1.64. The molecule has 2 aromatic rings. The Morgan fingerprint density at radius 2 is 1.90 bits per heavy atom. The van der Waals surface area contributed by atoms with Crippen molar-refractivity contribution in [3.8, 4) is 0 Å². The predicted octanol–water partition coefficient (Wildman–Crippen LogP) is 1.34. The number of hydrogen-bond donors (Lipinski definition) is 2. The Morgan fingerprint density at radius 3 is 2.70 bits per heavy atom. The van der Waals surface area contributed by atoms with Crippen molar-refractivity contribution in [1.29, 1.82) is 0 Å². The molecule has 0 saturated heterocycles. The molecule has 0 saturated carbocycles. The first-order chi connectivity index (χ1) is 9.81. The van der Waals surface area contributed by atoms with Crippen LogP contribution in [-0.4, -0.2) is 10.1 Å². The van der Waals surface area contributed by atoms with Crippen LogP contribution in [0.15, 0.2) is 35.0 Å². The maximum Gasteiger partial charge on any atom is 0.223 e. The normalized spacial score (nSPS) is 14.9. The van der Waals surface area contributed by atoms with Crippen LogP contribution >= 0.6 is 0 Å². The molecule has 0 radical (unpaired) electrons. The standard InChI is InChI=1S/C15H12N4O/c1-9-17-15(19-20-9)12-7-6-11-5-4-10-3-2-8-16-13(10)14(11)18-12/h2-8,16,18H,1H3. The van der Waals surface area contributed by atoms with Crippen molar-refractivity contribution in [2.45, 2.75) is 6.92 Å². The Balaban J connectivity index is 1.85. The number of aromatic nitrogens is 2. The summed E-state index contributed by atoms with van der Waals surface area (Å²) < 4.78 is 5.03. The fraction of sp³-hybridized carbons (Fsp3) is 0.0667. The molecule has 0 unspecified atom stereocenters. The van der Waals surface area contributed by atoms with E-state index < -0.39 is 0 Å². The number of nitrogens with zero attached hydrogens (tertiary/aromatic N) is 2. The summed E-state index contributed by atoms with van der Waals surface area (Å²) in [5.74, 6) is 1.12. The molecule has 0 aliphatic carbocycles. The highest BCUT2D eigenvalue weighted by Crippen LogP contribution is 2.22. The molecule has 0 bridgehead atoms. The third-order valence-electron chi connectivity index (χ3n) is 3.33. The van der Waals surface area contributed by atoms with Gasteiger partial charge in [0.25, 0.3) is 0 Å². The van der Waals surface area contributed by atoms with E-state index in [0.29, 0.717) is 11.7 Å². The minimum absolute atomic E-state index is 0.554. The Hall–Kier alpha value is -2.82. The van der Waals surface area contributed by atoms with Crippen LogP contribution in [0.25, 0.3) is 17.8 Å². The van der Waals surface area contributed by atoms with Crippen molar-refractivity contribution in [3.05, 3.63) is 52.6 Å². The molecule has 4 rings (SSSR count). The predicted molar refractivity (Wildman–Crippen MR) is 78.0 cm³/mol. The van der Waals surface area contributed by atoms with E-state index in [1.54, 1.807) is 6.92 Å². The highest BCUT2D eigenvalue weighted by atomic mass is 16.5. The number of hydrogen-bond acceptors (Lipinski definition) is 5. The minimum Gasteiger partial charge on any atom is -0.359 e. The second kappa shape index (κ2) is 4.09. The van der Waals surface area contributed by atoms with Crippen molar-refractivity contribution < 1.29 is 4.52 Å². The number of fused-ring (bicyclic) bond motifs is 3. The van der Waals surface area contributed by atoms with E-state index in [2.05, 4.69) is 39.0 Å². The largest absolute Gasteiger partial charge is 0.359 e. The number of nitrogens with one attached hydrogen (secondary N) is 2. The second-order valence-electron chi connectivity index (χ2n) is 4.67. The van der Waals surface area contributed by atoms with Gasteiger partial charge in [-0.25, -0.2) is 0 Å². The van der Waals surface area contributed by atoms with E-state index in [4.69, 9.17) is 4.52 Å². The van der Waals surface area contributed by atoms with Crippen LogP contribution in [0.3, 0.4) is 0 Å². The van der Waals surface area contributed by atoms with Gasteiger partial charge in [0.2, 0.25) is 11.7 Å². The Labute approximate surface area is 115 Å². The van der Waals surface area contributed by atoms with Gasteiger partial charge in [0.15, 0.2) is 0 Å². The second-order valence-corrected chi connectivity index (χ2v) is 4.67. The quantitative estimate of drug-likeness (QED) is 0.814. The first-order valence-electron chi connectivity index (χ1n) is 6.37. The molecular weight excluding hydrogens is 252 g/mol. The zero-order valence-electron chi connectivity index (χ0n) is 10.8. The maximum absolute atomic E-state index is 5.03. The highest BCUT2D eigenvalue weighted by molar-refractivity contribution is 5.88. The Kier molecular flexibility index (Phi) is 2.26. The van der Waals surface area contributed by atoms with E-state index in [1.165, 1.54) is 0 Å². The van der Waals surface area contributed by atoms with Crippen molar-refractivity contribution in [1.82, 2.24) is 10.1 Å². The molecule has 5 heteroatoms. The number of rotatable bonds is 1. The molecule has 2 aliphatic heterocycles. The maximum atomic E-state index is 5.03. The van der Waals surface area contributed by atoms with Gasteiger partial charge in [-0.1, -0.05) is 29.4 Å². The molecule has 98 valence electrons. The van der Waals surface area contributed by atoms with E-state index in [9.17, 15) is 0 Å². The number of aryl methyl sites for hydroxylation is 1. The smallest absolute Gasteiger partial charge is 0.223 e. The molecule has 0 atom stereocenters. The summed E-state index contributed by atoms with van der Waals surface area (Å²) >= 11 is 0. The fourth-order valence-electron chi connectivity index (χ4n) is 2.37. The average molecular weight is 264 g/mol. The number of benzene rings is 1. The number of allylic oxidation sites excluding steroid dienone is 2. The zero-order chi connectivity index (χ0) is 13.5. The van der Waals surface area contributed by atoms with Crippen LogP contribution in [0.2, 0.25) is 0 Å². The van der Waals surface area contributed by atoms with Gasteiger partial charge < -0.3 is 15.2 Å². The van der Waals surface area contributed by atoms with Crippen LogP contribution in [-0.2, 0) is 0 Å². The van der Waals surface area contributed by atoms with Crippen LogP contribution in [0.5, 0.6) is 0 Å². The van der Waals surface area contributed by atoms with Crippen molar-refractivity contribution in [2.24, 2.45) is 0 Å². The molecule has 3 heterocycles. The summed E-state index contributed by atoms with van der Waals surface area (Å²) in [6, 6.07) is 4.19. The molecule has 1 aromatic heterocycles. The molecule has 0 amide bonds. The van der Waals surface area contributed by atoms with Crippen LogP contribution < -0.4 is 21.1 Å². The lowest BCUT2D eigenvalue weighted by Gasteiger charge is -2.18. The fourth-order valence-corrected chi connectivity index (χ4v) is 2.37. The van der Waals surface area contributed by atoms with Crippen LogP contribution in [0.1, 0.15) is 11.7 Å². The van der Waals surface area contributed by atoms with Gasteiger partial charge >= 0.3 is 0 Å². The van der Waals surface area contributed by atoms with Gasteiger partial charge in [-0.15, -0.1) is 0 Å². The molecular formula is C15H12N4O. The van der Waals surface area contributed by atoms with Gasteiger partial charge in [-0.2, -0.15) is 4.98 Å². The molecule has 0 fully saturated rings. The lowest BCUT2D eigenvalue weighted by Crippen LogP contribution is -2.23. The first-order valence-corrected chi connectivity index (χ1v) is 6.37. The monoisotopic (exact) mass is 264 g/mol. The van der Waals surface area contributed by atoms with Gasteiger partial charge in [0.05, 0.1) is 17.1 Å². The third-order valence-corrected chi connectivity index (χ3v) is 3.33.